The van der Waals surface area contributed by atoms with E-state index >= 15 is 0 Å². The third kappa shape index (κ3) is 4.92. The lowest BCUT2D eigenvalue weighted by molar-refractivity contribution is -0.384. The number of nitrogens with zero attached hydrogens (tertiary/aromatic N) is 3. The Hall–Kier alpha value is -2.49. The molecule has 1 unspecified atom stereocenters. The van der Waals surface area contributed by atoms with E-state index in [4.69, 9.17) is 11.6 Å². The highest BCUT2D eigenvalue weighted by molar-refractivity contribution is 7.13. The number of carbonyl (C=O) groups is 2. The number of nitro groups is 1. The lowest BCUT2D eigenvalue weighted by Gasteiger charge is -2.37. The molecule has 1 N–H and O–H groups in total. The van der Waals surface area contributed by atoms with Crippen LogP contribution in [0, 0.1) is 17.0 Å². The van der Waals surface area contributed by atoms with Gasteiger partial charge in [-0.25, -0.2) is 0 Å². The summed E-state index contributed by atoms with van der Waals surface area (Å²) in [5, 5.41) is 13.8. The van der Waals surface area contributed by atoms with Gasteiger partial charge in [0.2, 0.25) is 5.91 Å². The molecule has 0 bridgehead atoms. The summed E-state index contributed by atoms with van der Waals surface area (Å²) < 4.78 is 0. The number of piperazine rings is 1. The van der Waals surface area contributed by atoms with Crippen LogP contribution in [0.5, 0.6) is 0 Å². The largest absolute Gasteiger partial charge is 0.335 e. The Morgan fingerprint density at radius 1 is 1.21 bits per heavy atom. The van der Waals surface area contributed by atoms with Crippen molar-refractivity contribution in [2.75, 3.05) is 31.5 Å². The van der Waals surface area contributed by atoms with Crippen LogP contribution in [0.1, 0.15) is 21.5 Å². The summed E-state index contributed by atoms with van der Waals surface area (Å²) in [6.07, 6.45) is 0. The van der Waals surface area contributed by atoms with E-state index in [2.05, 4.69) is 5.32 Å². The molecule has 2 aromatic rings. The zero-order valence-corrected chi connectivity index (χ0v) is 17.6. The molecular weight excluding hydrogens is 416 g/mol. The quantitative estimate of drug-likeness (QED) is 0.572. The van der Waals surface area contributed by atoms with E-state index in [0.717, 1.165) is 9.75 Å². The van der Waals surface area contributed by atoms with Gasteiger partial charge in [0, 0.05) is 43.2 Å². The number of nitrogens with one attached hydrogen (secondary N) is 1. The first-order valence-corrected chi connectivity index (χ1v) is 10.3. The van der Waals surface area contributed by atoms with Gasteiger partial charge in [0.25, 0.3) is 11.6 Å². The second-order valence-corrected chi connectivity index (χ2v) is 8.52. The van der Waals surface area contributed by atoms with Crippen LogP contribution in [0.2, 0.25) is 5.02 Å². The predicted molar refractivity (Wildman–Crippen MR) is 113 cm³/mol. The molecule has 0 aliphatic carbocycles. The van der Waals surface area contributed by atoms with Gasteiger partial charge in [0.1, 0.15) is 0 Å². The average molecular weight is 437 g/mol. The fourth-order valence-corrected chi connectivity index (χ4v) is 4.14. The minimum absolute atomic E-state index is 0.0169. The molecule has 0 radical (unpaired) electrons. The number of hydrogen-bond acceptors (Lipinski definition) is 6. The molecule has 1 saturated heterocycles. The monoisotopic (exact) mass is 436 g/mol. The van der Waals surface area contributed by atoms with Gasteiger partial charge >= 0.3 is 0 Å². The van der Waals surface area contributed by atoms with E-state index in [9.17, 15) is 19.7 Å². The Kier molecular flexibility index (Phi) is 6.51. The molecule has 1 aliphatic rings. The van der Waals surface area contributed by atoms with Crippen molar-refractivity contribution in [1.29, 1.82) is 0 Å². The zero-order valence-electron chi connectivity index (χ0n) is 16.1. The number of amides is 2. The minimum Gasteiger partial charge on any atom is -0.335 e. The lowest BCUT2D eigenvalue weighted by atomic mass is 10.2. The molecule has 29 heavy (non-hydrogen) atoms. The van der Waals surface area contributed by atoms with Crippen LogP contribution in [0.4, 0.5) is 11.4 Å². The molecule has 1 aliphatic heterocycles. The maximum absolute atomic E-state index is 12.6. The SMILES string of the molecule is Cc1ccc(C(=O)N2CCN(C(C)C(=O)Nc3cc([N+](=O)[O-])ccc3Cl)CC2)s1. The number of aryl methyl sites for hydroxylation is 1. The number of nitro benzene ring substituents is 1. The molecule has 1 atom stereocenters. The third-order valence-electron chi connectivity index (χ3n) is 4.90. The summed E-state index contributed by atoms with van der Waals surface area (Å²) in [4.78, 5) is 41.2. The molecule has 1 aromatic heterocycles. The Bertz CT molecular complexity index is 940. The first-order valence-electron chi connectivity index (χ1n) is 9.11. The number of rotatable bonds is 5. The molecule has 10 heteroatoms. The van der Waals surface area contributed by atoms with Crippen molar-refractivity contribution < 1.29 is 14.5 Å². The Morgan fingerprint density at radius 3 is 2.48 bits per heavy atom. The van der Waals surface area contributed by atoms with Crippen LogP contribution in [-0.4, -0.2) is 58.8 Å². The van der Waals surface area contributed by atoms with Gasteiger partial charge in [-0.1, -0.05) is 11.6 Å². The van der Waals surface area contributed by atoms with Gasteiger partial charge in [-0.05, 0) is 32.0 Å². The van der Waals surface area contributed by atoms with E-state index < -0.39 is 11.0 Å². The molecule has 1 aromatic carbocycles. The first kappa shape index (κ1) is 21.2. The molecule has 8 nitrogen and oxygen atoms in total. The number of carbonyl (C=O) groups excluding carboxylic acids is 2. The average Bonchev–Trinajstić information content (AvgIpc) is 3.14. The van der Waals surface area contributed by atoms with Crippen molar-refractivity contribution in [2.45, 2.75) is 19.9 Å². The van der Waals surface area contributed by atoms with E-state index in [1.54, 1.807) is 11.8 Å². The smallest absolute Gasteiger partial charge is 0.271 e. The second-order valence-electron chi connectivity index (χ2n) is 6.82. The zero-order chi connectivity index (χ0) is 21.1. The van der Waals surface area contributed by atoms with Crippen LogP contribution >= 0.6 is 22.9 Å². The highest BCUT2D eigenvalue weighted by atomic mass is 35.5. The summed E-state index contributed by atoms with van der Waals surface area (Å²) in [6, 6.07) is 7.22. The van der Waals surface area contributed by atoms with E-state index in [1.807, 2.05) is 24.0 Å². The first-order chi connectivity index (χ1) is 13.8. The van der Waals surface area contributed by atoms with Crippen LogP contribution in [-0.2, 0) is 4.79 Å². The van der Waals surface area contributed by atoms with Gasteiger partial charge in [-0.15, -0.1) is 11.3 Å². The van der Waals surface area contributed by atoms with Crippen molar-refractivity contribution in [3.8, 4) is 0 Å². The third-order valence-corrected chi connectivity index (χ3v) is 6.22. The fraction of sp³-hybridized carbons (Fsp3) is 0.368. The molecule has 0 spiro atoms. The molecule has 3 rings (SSSR count). The standard InChI is InChI=1S/C19H21ClN4O4S/c1-12-3-6-17(29-12)19(26)23-9-7-22(8-10-23)13(2)18(25)21-16-11-14(24(27)28)4-5-15(16)20/h3-6,11,13H,7-10H2,1-2H3,(H,21,25). The summed E-state index contributed by atoms with van der Waals surface area (Å²) in [6.45, 7) is 5.92. The van der Waals surface area contributed by atoms with E-state index in [1.165, 1.54) is 29.5 Å². The maximum Gasteiger partial charge on any atom is 0.271 e. The van der Waals surface area contributed by atoms with Crippen molar-refractivity contribution in [1.82, 2.24) is 9.80 Å². The van der Waals surface area contributed by atoms with Gasteiger partial charge in [0.05, 0.1) is 26.6 Å². The molecule has 154 valence electrons. The van der Waals surface area contributed by atoms with Gasteiger partial charge in [-0.3, -0.25) is 24.6 Å². The van der Waals surface area contributed by atoms with Gasteiger partial charge < -0.3 is 10.2 Å². The summed E-state index contributed by atoms with van der Waals surface area (Å²) in [5.74, 6) is -0.288. The van der Waals surface area contributed by atoms with Crippen LogP contribution in [0.25, 0.3) is 0 Å². The number of non-ortho nitro benzene ring substituents is 1. The van der Waals surface area contributed by atoms with Crippen molar-refractivity contribution in [2.24, 2.45) is 0 Å². The van der Waals surface area contributed by atoms with Gasteiger partial charge in [0.15, 0.2) is 0 Å². The highest BCUT2D eigenvalue weighted by Crippen LogP contribution is 2.27. The number of benzene rings is 1. The number of hydrogen-bond donors (Lipinski definition) is 1. The van der Waals surface area contributed by atoms with E-state index in [-0.39, 0.29) is 28.2 Å². The van der Waals surface area contributed by atoms with Crippen molar-refractivity contribution >= 4 is 46.1 Å². The van der Waals surface area contributed by atoms with Crippen LogP contribution < -0.4 is 5.32 Å². The van der Waals surface area contributed by atoms with E-state index in [0.29, 0.717) is 26.2 Å². The maximum atomic E-state index is 12.6. The molecule has 1 fully saturated rings. The van der Waals surface area contributed by atoms with Crippen LogP contribution in [0.3, 0.4) is 0 Å². The predicted octanol–water partition coefficient (Wildman–Crippen LogP) is 3.40. The van der Waals surface area contributed by atoms with Crippen LogP contribution in [0.15, 0.2) is 30.3 Å². The minimum atomic E-state index is -0.541. The molecule has 2 heterocycles. The lowest BCUT2D eigenvalue weighted by Crippen LogP contribution is -2.54. The second kappa shape index (κ2) is 8.89. The topological polar surface area (TPSA) is 95.8 Å². The van der Waals surface area contributed by atoms with Gasteiger partial charge in [-0.2, -0.15) is 0 Å². The molecule has 2 amide bonds. The fourth-order valence-electron chi connectivity index (χ4n) is 3.14. The van der Waals surface area contributed by atoms with Crippen molar-refractivity contribution in [3.05, 3.63) is 55.2 Å². The molecule has 0 saturated carbocycles. The normalized spacial score (nSPS) is 15.8. The Labute approximate surface area is 177 Å². The molecular formula is C19H21ClN4O4S. The number of thiophene rings is 1. The highest BCUT2D eigenvalue weighted by Gasteiger charge is 2.28. The summed E-state index contributed by atoms with van der Waals surface area (Å²) in [7, 11) is 0. The van der Waals surface area contributed by atoms with Crippen molar-refractivity contribution in [3.63, 3.8) is 0 Å². The number of halogens is 1. The number of anilines is 1. The summed E-state index contributed by atoms with van der Waals surface area (Å²) >= 11 is 7.53. The Balaban J connectivity index is 1.58. The Morgan fingerprint density at radius 2 is 1.90 bits per heavy atom. The summed E-state index contributed by atoms with van der Waals surface area (Å²) in [5.41, 5.74) is 0.0629.